The van der Waals surface area contributed by atoms with Gasteiger partial charge in [-0.1, -0.05) is 32.4 Å². The number of carbonyl (C=O) groups excluding carboxylic acids is 1. The number of amides is 1. The van der Waals surface area contributed by atoms with E-state index in [1.165, 1.54) is 6.07 Å². The number of rotatable bonds is 9. The molecular formula is C17H26N4O3S. The average molecular weight is 366 g/mol. The van der Waals surface area contributed by atoms with Crippen LogP contribution in [0, 0.1) is 0 Å². The second kappa shape index (κ2) is 8.96. The van der Waals surface area contributed by atoms with E-state index in [-0.39, 0.29) is 10.7 Å². The second-order valence-corrected chi connectivity index (χ2v) is 7.51. The highest BCUT2D eigenvalue weighted by atomic mass is 32.2. The van der Waals surface area contributed by atoms with Crippen LogP contribution in [-0.4, -0.2) is 51.2 Å². The number of sulfonamides is 1. The Hall–Kier alpha value is -1.93. The third kappa shape index (κ3) is 5.27. The van der Waals surface area contributed by atoms with Crippen molar-refractivity contribution in [3.05, 3.63) is 24.3 Å². The lowest BCUT2D eigenvalue weighted by Gasteiger charge is -2.20. The van der Waals surface area contributed by atoms with Crippen LogP contribution in [0.1, 0.15) is 33.1 Å². The molecule has 0 saturated heterocycles. The summed E-state index contributed by atoms with van der Waals surface area (Å²) in [5.74, 6) is -0.688. The van der Waals surface area contributed by atoms with Crippen molar-refractivity contribution >= 4 is 27.5 Å². The number of hydrogen-bond acceptors (Lipinski definition) is 5. The zero-order valence-electron chi connectivity index (χ0n) is 14.8. The Bertz CT molecular complexity index is 731. The zero-order chi connectivity index (χ0) is 18.3. The molecule has 0 saturated carbocycles. The second-order valence-electron chi connectivity index (χ2n) is 5.93. The molecule has 0 unspecified atom stereocenters. The number of fused-ring (bicyclic) bond motifs is 1. The lowest BCUT2D eigenvalue weighted by Crippen LogP contribution is -2.39. The van der Waals surface area contributed by atoms with E-state index in [0.717, 1.165) is 38.9 Å². The number of para-hydroxylation sites is 1. The number of amidine groups is 1. The Labute approximate surface area is 149 Å². The van der Waals surface area contributed by atoms with Crippen LogP contribution in [0.3, 0.4) is 0 Å². The summed E-state index contributed by atoms with van der Waals surface area (Å²) in [6.45, 7) is 7.71. The van der Waals surface area contributed by atoms with Gasteiger partial charge in [0, 0.05) is 6.54 Å². The SMILES string of the molecule is CCCCN(CC)CCCNC(=O)C1=NS(=O)(=O)c2ccccc2N1. The summed E-state index contributed by atoms with van der Waals surface area (Å²) >= 11 is 0. The van der Waals surface area contributed by atoms with Crippen molar-refractivity contribution in [1.82, 2.24) is 10.2 Å². The predicted octanol–water partition coefficient (Wildman–Crippen LogP) is 1.83. The van der Waals surface area contributed by atoms with Gasteiger partial charge in [-0.15, -0.1) is 4.40 Å². The van der Waals surface area contributed by atoms with Crippen molar-refractivity contribution < 1.29 is 13.2 Å². The molecule has 1 aliphatic heterocycles. The normalized spacial score (nSPS) is 15.2. The summed E-state index contributed by atoms with van der Waals surface area (Å²) in [7, 11) is -3.84. The van der Waals surface area contributed by atoms with Crippen molar-refractivity contribution in [2.24, 2.45) is 4.40 Å². The Morgan fingerprint density at radius 3 is 2.64 bits per heavy atom. The van der Waals surface area contributed by atoms with E-state index in [4.69, 9.17) is 0 Å². The van der Waals surface area contributed by atoms with Gasteiger partial charge in [-0.25, -0.2) is 0 Å². The monoisotopic (exact) mass is 366 g/mol. The van der Waals surface area contributed by atoms with Crippen LogP contribution in [0.4, 0.5) is 5.69 Å². The van der Waals surface area contributed by atoms with E-state index in [1.807, 2.05) is 0 Å². The van der Waals surface area contributed by atoms with Crippen molar-refractivity contribution in [2.45, 2.75) is 38.0 Å². The van der Waals surface area contributed by atoms with Gasteiger partial charge in [0.15, 0.2) is 0 Å². The van der Waals surface area contributed by atoms with E-state index in [9.17, 15) is 13.2 Å². The molecule has 138 valence electrons. The molecule has 2 N–H and O–H groups in total. The molecule has 8 heteroatoms. The fourth-order valence-electron chi connectivity index (χ4n) is 2.61. The van der Waals surface area contributed by atoms with Crippen LogP contribution in [0.5, 0.6) is 0 Å². The molecule has 1 heterocycles. The van der Waals surface area contributed by atoms with Gasteiger partial charge < -0.3 is 15.5 Å². The maximum absolute atomic E-state index is 12.2. The first-order valence-electron chi connectivity index (χ1n) is 8.69. The highest BCUT2D eigenvalue weighted by Crippen LogP contribution is 2.26. The maximum Gasteiger partial charge on any atom is 0.287 e. The molecule has 0 spiro atoms. The molecule has 0 aromatic heterocycles. The molecular weight excluding hydrogens is 340 g/mol. The Kier molecular flexibility index (Phi) is 6.95. The first kappa shape index (κ1) is 19.4. The summed E-state index contributed by atoms with van der Waals surface area (Å²) in [5, 5.41) is 5.52. The molecule has 7 nitrogen and oxygen atoms in total. The Morgan fingerprint density at radius 2 is 1.92 bits per heavy atom. The van der Waals surface area contributed by atoms with Crippen LogP contribution in [-0.2, 0) is 14.8 Å². The lowest BCUT2D eigenvalue weighted by atomic mass is 10.3. The minimum atomic E-state index is -3.84. The summed E-state index contributed by atoms with van der Waals surface area (Å²) in [4.78, 5) is 14.6. The number of carbonyl (C=O) groups is 1. The topological polar surface area (TPSA) is 90.9 Å². The number of nitrogens with one attached hydrogen (secondary N) is 2. The molecule has 1 aliphatic rings. The van der Waals surface area contributed by atoms with Gasteiger partial charge in [-0.05, 0) is 44.6 Å². The van der Waals surface area contributed by atoms with Crippen LogP contribution < -0.4 is 10.6 Å². The fraction of sp³-hybridized carbons (Fsp3) is 0.529. The quantitative estimate of drug-likeness (QED) is 0.651. The molecule has 2 rings (SSSR count). The third-order valence-electron chi connectivity index (χ3n) is 4.06. The Morgan fingerprint density at radius 1 is 1.20 bits per heavy atom. The zero-order valence-corrected chi connectivity index (χ0v) is 15.6. The summed E-state index contributed by atoms with van der Waals surface area (Å²) < 4.78 is 27.8. The minimum Gasteiger partial charge on any atom is -0.349 e. The third-order valence-corrected chi connectivity index (χ3v) is 5.39. The van der Waals surface area contributed by atoms with Crippen molar-refractivity contribution in [1.29, 1.82) is 0 Å². The summed E-state index contributed by atoms with van der Waals surface area (Å²) in [5.41, 5.74) is 0.374. The molecule has 25 heavy (non-hydrogen) atoms. The lowest BCUT2D eigenvalue weighted by molar-refractivity contribution is -0.114. The number of nitrogens with zero attached hydrogens (tertiary/aromatic N) is 2. The molecule has 0 atom stereocenters. The number of hydrogen-bond donors (Lipinski definition) is 2. The number of anilines is 1. The first-order chi connectivity index (χ1) is 12.0. The van der Waals surface area contributed by atoms with Gasteiger partial charge in [-0.2, -0.15) is 8.42 Å². The van der Waals surface area contributed by atoms with Crippen LogP contribution in [0.15, 0.2) is 33.6 Å². The number of benzene rings is 1. The van der Waals surface area contributed by atoms with E-state index in [0.29, 0.717) is 12.2 Å². The van der Waals surface area contributed by atoms with Gasteiger partial charge in [-0.3, -0.25) is 4.79 Å². The number of unbranched alkanes of at least 4 members (excludes halogenated alkanes) is 1. The van der Waals surface area contributed by atoms with Crippen molar-refractivity contribution in [3.8, 4) is 0 Å². The molecule has 1 amide bonds. The van der Waals surface area contributed by atoms with E-state index >= 15 is 0 Å². The largest absolute Gasteiger partial charge is 0.349 e. The van der Waals surface area contributed by atoms with E-state index < -0.39 is 15.9 Å². The summed E-state index contributed by atoms with van der Waals surface area (Å²) in [6, 6.07) is 6.40. The van der Waals surface area contributed by atoms with Gasteiger partial charge in [0.05, 0.1) is 5.69 Å². The maximum atomic E-state index is 12.2. The molecule has 1 aromatic carbocycles. The highest BCUT2D eigenvalue weighted by Gasteiger charge is 2.27. The van der Waals surface area contributed by atoms with Crippen LogP contribution in [0.25, 0.3) is 0 Å². The standard InChI is InChI=1S/C17H26N4O3S/c1-3-5-12-21(4-2)13-8-11-18-17(22)16-19-14-9-6-7-10-15(14)25(23,24)20-16/h6-7,9-10H,3-5,8,11-13H2,1-2H3,(H,18,22)(H,19,20). The van der Waals surface area contributed by atoms with Gasteiger partial charge in [0.2, 0.25) is 5.84 Å². The molecule has 0 fully saturated rings. The fourth-order valence-corrected chi connectivity index (χ4v) is 3.73. The van der Waals surface area contributed by atoms with Crippen LogP contribution in [0.2, 0.25) is 0 Å². The van der Waals surface area contributed by atoms with Gasteiger partial charge in [0.1, 0.15) is 4.90 Å². The average Bonchev–Trinajstić information content (AvgIpc) is 2.60. The van der Waals surface area contributed by atoms with Crippen LogP contribution >= 0.6 is 0 Å². The van der Waals surface area contributed by atoms with Gasteiger partial charge >= 0.3 is 0 Å². The minimum absolute atomic E-state index is 0.0843. The molecule has 0 bridgehead atoms. The van der Waals surface area contributed by atoms with Crippen molar-refractivity contribution in [2.75, 3.05) is 31.5 Å². The van der Waals surface area contributed by atoms with Gasteiger partial charge in [0.25, 0.3) is 15.9 Å². The highest BCUT2D eigenvalue weighted by molar-refractivity contribution is 7.90. The van der Waals surface area contributed by atoms with Crippen molar-refractivity contribution in [3.63, 3.8) is 0 Å². The molecule has 1 aromatic rings. The van der Waals surface area contributed by atoms with E-state index in [1.54, 1.807) is 18.2 Å². The molecule has 0 aliphatic carbocycles. The summed E-state index contributed by atoms with van der Waals surface area (Å²) in [6.07, 6.45) is 3.13. The molecule has 0 radical (unpaired) electrons. The first-order valence-corrected chi connectivity index (χ1v) is 10.1. The predicted molar refractivity (Wildman–Crippen MR) is 99.3 cm³/mol. The Balaban J connectivity index is 1.87. The van der Waals surface area contributed by atoms with E-state index in [2.05, 4.69) is 33.8 Å². The smallest absolute Gasteiger partial charge is 0.287 e.